The van der Waals surface area contributed by atoms with Crippen molar-refractivity contribution >= 4 is 6.72 Å². The topological polar surface area (TPSA) is 62.2 Å². The number of hydrogen-bond donors (Lipinski definition) is 1. The summed E-state index contributed by atoms with van der Waals surface area (Å²) in [5, 5.41) is 8.13. The minimum absolute atomic E-state index is 0.208. The molecular weight excluding hydrogens is 114 g/mol. The monoisotopic (exact) mass is 123 g/mol. The maximum absolute atomic E-state index is 8.13. The molecule has 0 saturated carbocycles. The van der Waals surface area contributed by atoms with E-state index in [4.69, 9.17) is 11.0 Å². The van der Waals surface area contributed by atoms with E-state index >= 15 is 0 Å². The van der Waals surface area contributed by atoms with Gasteiger partial charge in [0.25, 0.3) is 0 Å². The molecule has 0 fully saturated rings. The molecule has 0 aliphatic rings. The van der Waals surface area contributed by atoms with Crippen LogP contribution in [0.25, 0.3) is 0 Å². The summed E-state index contributed by atoms with van der Waals surface area (Å²) in [6, 6.07) is 1.73. The highest BCUT2D eigenvalue weighted by atomic mass is 14.7. The predicted molar refractivity (Wildman–Crippen MR) is 36.9 cm³/mol. The maximum Gasteiger partial charge on any atom is 0.0641 e. The van der Waals surface area contributed by atoms with E-state index in [-0.39, 0.29) is 6.04 Å². The fraction of sp³-hybridized carbons (Fsp3) is 0.333. The van der Waals surface area contributed by atoms with E-state index in [1.54, 1.807) is 6.08 Å². The molecule has 9 heavy (non-hydrogen) atoms. The quantitative estimate of drug-likeness (QED) is 0.553. The lowest BCUT2D eigenvalue weighted by molar-refractivity contribution is 0.841. The van der Waals surface area contributed by atoms with Gasteiger partial charge in [0.15, 0.2) is 0 Å². The van der Waals surface area contributed by atoms with Gasteiger partial charge >= 0.3 is 0 Å². The number of rotatable bonds is 3. The van der Waals surface area contributed by atoms with Gasteiger partial charge in [-0.25, -0.2) is 0 Å². The highest BCUT2D eigenvalue weighted by Crippen LogP contribution is 1.86. The van der Waals surface area contributed by atoms with E-state index in [9.17, 15) is 0 Å². The second-order valence-electron chi connectivity index (χ2n) is 1.55. The van der Waals surface area contributed by atoms with E-state index < -0.39 is 0 Å². The van der Waals surface area contributed by atoms with Gasteiger partial charge in [-0.05, 0) is 12.8 Å². The second-order valence-corrected chi connectivity index (χ2v) is 1.55. The molecule has 0 bridgehead atoms. The van der Waals surface area contributed by atoms with Crippen LogP contribution >= 0.6 is 0 Å². The van der Waals surface area contributed by atoms with Crippen molar-refractivity contribution in [2.45, 2.75) is 12.5 Å². The number of nitrogens with two attached hydrogens (primary N) is 1. The van der Waals surface area contributed by atoms with Crippen molar-refractivity contribution in [3.8, 4) is 6.07 Å². The van der Waals surface area contributed by atoms with Crippen LogP contribution in [-0.2, 0) is 0 Å². The Kier molecular flexibility index (Phi) is 4.37. The highest BCUT2D eigenvalue weighted by Gasteiger charge is 1.91. The van der Waals surface area contributed by atoms with Gasteiger partial charge in [0.05, 0.1) is 12.5 Å². The van der Waals surface area contributed by atoms with Gasteiger partial charge in [-0.15, -0.1) is 0 Å². The smallest absolute Gasteiger partial charge is 0.0641 e. The molecule has 0 radical (unpaired) electrons. The van der Waals surface area contributed by atoms with Crippen LogP contribution in [0.2, 0.25) is 0 Å². The Bertz CT molecular complexity index is 143. The van der Waals surface area contributed by atoms with E-state index in [1.165, 1.54) is 6.20 Å². The Balaban J connectivity index is 3.51. The molecule has 0 aliphatic heterocycles. The zero-order valence-corrected chi connectivity index (χ0v) is 5.12. The van der Waals surface area contributed by atoms with Crippen LogP contribution in [0.5, 0.6) is 0 Å². The van der Waals surface area contributed by atoms with Crippen LogP contribution in [0.15, 0.2) is 17.3 Å². The summed E-state index contributed by atoms with van der Waals surface area (Å²) >= 11 is 0. The Labute approximate surface area is 54.5 Å². The minimum atomic E-state index is -0.208. The van der Waals surface area contributed by atoms with Crippen LogP contribution in [0.3, 0.4) is 0 Å². The lowest BCUT2D eigenvalue weighted by Gasteiger charge is -1.94. The van der Waals surface area contributed by atoms with Gasteiger partial charge in [-0.2, -0.15) is 5.26 Å². The summed E-state index contributed by atoms with van der Waals surface area (Å²) in [7, 11) is 0. The lowest BCUT2D eigenvalue weighted by Crippen LogP contribution is -2.14. The first-order chi connectivity index (χ1) is 4.31. The molecule has 3 nitrogen and oxygen atoms in total. The average molecular weight is 123 g/mol. The minimum Gasteiger partial charge on any atom is -0.324 e. The van der Waals surface area contributed by atoms with Crippen molar-refractivity contribution in [1.82, 2.24) is 0 Å². The molecule has 48 valence electrons. The third kappa shape index (κ3) is 4.72. The maximum atomic E-state index is 8.13. The molecule has 3 heteroatoms. The second kappa shape index (κ2) is 5.01. The summed E-state index contributed by atoms with van der Waals surface area (Å²) in [4.78, 5) is 3.44. The lowest BCUT2D eigenvalue weighted by atomic mass is 10.2. The summed E-state index contributed by atoms with van der Waals surface area (Å²) in [6.07, 6.45) is 3.45. The Morgan fingerprint density at radius 3 is 3.00 bits per heavy atom. The third-order valence-electron chi connectivity index (χ3n) is 0.766. The Hall–Kier alpha value is -1.14. The molecule has 0 aliphatic carbocycles. The van der Waals surface area contributed by atoms with E-state index in [0.29, 0.717) is 6.42 Å². The zero-order valence-electron chi connectivity index (χ0n) is 5.12. The summed E-state index contributed by atoms with van der Waals surface area (Å²) in [6.45, 7) is 3.22. The van der Waals surface area contributed by atoms with Crippen LogP contribution in [0, 0.1) is 11.3 Å². The molecule has 0 aromatic carbocycles. The van der Waals surface area contributed by atoms with Crippen molar-refractivity contribution in [2.75, 3.05) is 0 Å². The number of hydrogen-bond acceptors (Lipinski definition) is 3. The van der Waals surface area contributed by atoms with Gasteiger partial charge in [0.2, 0.25) is 0 Å². The molecular formula is C6H9N3. The molecule has 2 N–H and O–H groups in total. The van der Waals surface area contributed by atoms with Crippen LogP contribution in [-0.4, -0.2) is 12.8 Å². The largest absolute Gasteiger partial charge is 0.324 e. The molecule has 0 aromatic heterocycles. The van der Waals surface area contributed by atoms with Gasteiger partial charge in [0, 0.05) is 12.2 Å². The summed E-state index contributed by atoms with van der Waals surface area (Å²) in [5.41, 5.74) is 5.37. The van der Waals surface area contributed by atoms with Gasteiger partial charge in [0.1, 0.15) is 0 Å². The van der Waals surface area contributed by atoms with Crippen molar-refractivity contribution in [3.05, 3.63) is 12.3 Å². The van der Waals surface area contributed by atoms with Gasteiger partial charge in [-0.3, -0.25) is 4.99 Å². The van der Waals surface area contributed by atoms with E-state index in [2.05, 4.69) is 11.7 Å². The number of aliphatic imine (C=N–C) groups is 1. The Morgan fingerprint density at radius 2 is 2.56 bits per heavy atom. The molecule has 0 heterocycles. The first-order valence-corrected chi connectivity index (χ1v) is 2.56. The molecule has 0 saturated heterocycles. The fourth-order valence-electron chi connectivity index (χ4n) is 0.345. The molecule has 1 unspecified atom stereocenters. The van der Waals surface area contributed by atoms with Crippen LogP contribution in [0.1, 0.15) is 6.42 Å². The van der Waals surface area contributed by atoms with Crippen molar-refractivity contribution in [1.29, 1.82) is 5.26 Å². The van der Waals surface area contributed by atoms with Crippen LogP contribution < -0.4 is 5.73 Å². The third-order valence-corrected chi connectivity index (χ3v) is 0.766. The molecule has 0 aromatic rings. The SMILES string of the molecule is C=N/C=C\C(N)CC#N. The fourth-order valence-corrected chi connectivity index (χ4v) is 0.345. The first kappa shape index (κ1) is 7.86. The molecule has 0 spiro atoms. The van der Waals surface area contributed by atoms with E-state index in [1.807, 2.05) is 6.07 Å². The van der Waals surface area contributed by atoms with Gasteiger partial charge < -0.3 is 5.73 Å². The number of nitrogens with zero attached hydrogens (tertiary/aromatic N) is 2. The molecule has 0 rings (SSSR count). The van der Waals surface area contributed by atoms with Crippen molar-refractivity contribution in [3.63, 3.8) is 0 Å². The molecule has 0 amide bonds. The molecule has 1 atom stereocenters. The van der Waals surface area contributed by atoms with Gasteiger partial charge in [-0.1, -0.05) is 0 Å². The Morgan fingerprint density at radius 1 is 1.89 bits per heavy atom. The first-order valence-electron chi connectivity index (χ1n) is 2.56. The van der Waals surface area contributed by atoms with Crippen molar-refractivity contribution < 1.29 is 0 Å². The standard InChI is InChI=1S/C6H9N3/c1-9-5-3-6(8)2-4-7/h3,5-6H,1-2,8H2/b5-3-. The van der Waals surface area contributed by atoms with Crippen molar-refractivity contribution in [2.24, 2.45) is 10.7 Å². The predicted octanol–water partition coefficient (Wildman–Crippen LogP) is 0.442. The van der Waals surface area contributed by atoms with Crippen LogP contribution in [0.4, 0.5) is 0 Å². The zero-order chi connectivity index (χ0) is 7.11. The normalized spacial score (nSPS) is 12.9. The highest BCUT2D eigenvalue weighted by molar-refractivity contribution is 5.25. The van der Waals surface area contributed by atoms with E-state index in [0.717, 1.165) is 0 Å². The summed E-state index contributed by atoms with van der Waals surface area (Å²) < 4.78 is 0. The summed E-state index contributed by atoms with van der Waals surface area (Å²) in [5.74, 6) is 0. The number of nitriles is 1. The average Bonchev–Trinajstić information content (AvgIpc) is 1.85.